The van der Waals surface area contributed by atoms with E-state index in [-0.39, 0.29) is 11.2 Å². The molecule has 0 aliphatic heterocycles. The number of carbonyl (C=O) groups excluding carboxylic acids is 1. The van der Waals surface area contributed by atoms with Crippen molar-refractivity contribution in [2.24, 2.45) is 0 Å². The predicted molar refractivity (Wildman–Crippen MR) is 84.8 cm³/mol. The Morgan fingerprint density at radius 3 is 2.67 bits per heavy atom. The van der Waals surface area contributed by atoms with Gasteiger partial charge in [-0.1, -0.05) is 29.5 Å². The molecule has 5 nitrogen and oxygen atoms in total. The standard InChI is InChI=1S/C15H20N4OS/c1-10-6-7-13(11(2)8-10)19-9-16-17-15(19)21-12(3)14(20)18(4)5/h6-9,12H,1-5H3. The topological polar surface area (TPSA) is 51.0 Å². The van der Waals surface area contributed by atoms with Crippen LogP contribution in [0.1, 0.15) is 18.1 Å². The Bertz CT molecular complexity index is 651. The highest BCUT2D eigenvalue weighted by molar-refractivity contribution is 8.00. The summed E-state index contributed by atoms with van der Waals surface area (Å²) in [6.45, 7) is 6.01. The highest BCUT2D eigenvalue weighted by Crippen LogP contribution is 2.26. The Kier molecular flexibility index (Phi) is 4.67. The molecule has 0 saturated heterocycles. The third kappa shape index (κ3) is 3.44. The Hall–Kier alpha value is -1.82. The van der Waals surface area contributed by atoms with E-state index in [1.54, 1.807) is 25.3 Å². The van der Waals surface area contributed by atoms with Crippen molar-refractivity contribution in [1.82, 2.24) is 19.7 Å². The van der Waals surface area contributed by atoms with Crippen LogP contribution >= 0.6 is 11.8 Å². The van der Waals surface area contributed by atoms with Crippen molar-refractivity contribution < 1.29 is 4.79 Å². The molecule has 0 spiro atoms. The van der Waals surface area contributed by atoms with E-state index in [0.717, 1.165) is 16.4 Å². The summed E-state index contributed by atoms with van der Waals surface area (Å²) in [6, 6.07) is 6.24. The summed E-state index contributed by atoms with van der Waals surface area (Å²) in [5, 5.41) is 8.66. The molecular weight excluding hydrogens is 284 g/mol. The Labute approximate surface area is 129 Å². The van der Waals surface area contributed by atoms with Gasteiger partial charge in [0.2, 0.25) is 5.91 Å². The Morgan fingerprint density at radius 1 is 1.33 bits per heavy atom. The SMILES string of the molecule is Cc1ccc(-n2cnnc2SC(C)C(=O)N(C)C)c(C)c1. The van der Waals surface area contributed by atoms with Gasteiger partial charge in [0.25, 0.3) is 0 Å². The number of hydrogen-bond donors (Lipinski definition) is 0. The van der Waals surface area contributed by atoms with Crippen LogP contribution in [0.5, 0.6) is 0 Å². The molecule has 0 bridgehead atoms. The van der Waals surface area contributed by atoms with Crippen LogP contribution in [-0.4, -0.2) is 44.9 Å². The smallest absolute Gasteiger partial charge is 0.235 e. The van der Waals surface area contributed by atoms with Crippen LogP contribution in [0.2, 0.25) is 0 Å². The van der Waals surface area contributed by atoms with E-state index in [4.69, 9.17) is 0 Å². The average Bonchev–Trinajstić information content (AvgIpc) is 2.85. The minimum atomic E-state index is -0.200. The van der Waals surface area contributed by atoms with Crippen LogP contribution < -0.4 is 0 Å². The molecular formula is C15H20N4OS. The Morgan fingerprint density at radius 2 is 2.05 bits per heavy atom. The molecule has 0 aliphatic carbocycles. The van der Waals surface area contributed by atoms with Crippen LogP contribution in [0.25, 0.3) is 5.69 Å². The summed E-state index contributed by atoms with van der Waals surface area (Å²) >= 11 is 1.42. The van der Waals surface area contributed by atoms with Crippen molar-refractivity contribution in [3.05, 3.63) is 35.7 Å². The molecule has 0 radical (unpaired) electrons. The maximum atomic E-state index is 12.0. The lowest BCUT2D eigenvalue weighted by molar-refractivity contribution is -0.127. The van der Waals surface area contributed by atoms with Crippen LogP contribution in [0.15, 0.2) is 29.7 Å². The zero-order valence-electron chi connectivity index (χ0n) is 13.0. The summed E-state index contributed by atoms with van der Waals surface area (Å²) in [5.41, 5.74) is 3.41. The van der Waals surface area contributed by atoms with E-state index in [0.29, 0.717) is 0 Å². The van der Waals surface area contributed by atoms with Gasteiger partial charge in [-0.15, -0.1) is 10.2 Å². The molecule has 112 valence electrons. The van der Waals surface area contributed by atoms with E-state index in [2.05, 4.69) is 42.2 Å². The summed E-state index contributed by atoms with van der Waals surface area (Å²) in [6.07, 6.45) is 1.69. The number of rotatable bonds is 4. The number of carbonyl (C=O) groups is 1. The van der Waals surface area contributed by atoms with Crippen molar-refractivity contribution in [3.63, 3.8) is 0 Å². The molecule has 6 heteroatoms. The van der Waals surface area contributed by atoms with Gasteiger partial charge in [0.1, 0.15) is 6.33 Å². The molecule has 21 heavy (non-hydrogen) atoms. The van der Waals surface area contributed by atoms with Gasteiger partial charge in [0, 0.05) is 14.1 Å². The van der Waals surface area contributed by atoms with E-state index in [1.807, 2.05) is 11.5 Å². The lowest BCUT2D eigenvalue weighted by Crippen LogP contribution is -2.29. The minimum absolute atomic E-state index is 0.0650. The van der Waals surface area contributed by atoms with Crippen LogP contribution in [0, 0.1) is 13.8 Å². The quantitative estimate of drug-likeness (QED) is 0.814. The molecule has 1 unspecified atom stereocenters. The van der Waals surface area contributed by atoms with Gasteiger partial charge in [-0.2, -0.15) is 0 Å². The summed E-state index contributed by atoms with van der Waals surface area (Å²) in [5.74, 6) is 0.0650. The van der Waals surface area contributed by atoms with E-state index < -0.39 is 0 Å². The fraction of sp³-hybridized carbons (Fsp3) is 0.400. The van der Waals surface area contributed by atoms with Crippen LogP contribution in [0.4, 0.5) is 0 Å². The van der Waals surface area contributed by atoms with Crippen molar-refractivity contribution in [1.29, 1.82) is 0 Å². The predicted octanol–water partition coefficient (Wildman–Crippen LogP) is 2.45. The second-order valence-corrected chi connectivity index (χ2v) is 6.57. The number of aromatic nitrogens is 3. The van der Waals surface area contributed by atoms with E-state index in [1.165, 1.54) is 17.3 Å². The zero-order valence-corrected chi connectivity index (χ0v) is 13.8. The first kappa shape index (κ1) is 15.6. The highest BCUT2D eigenvalue weighted by Gasteiger charge is 2.20. The van der Waals surface area contributed by atoms with Crippen LogP contribution in [-0.2, 0) is 4.79 Å². The van der Waals surface area contributed by atoms with Crippen molar-refractivity contribution in [2.75, 3.05) is 14.1 Å². The summed E-state index contributed by atoms with van der Waals surface area (Å²) in [7, 11) is 3.52. The molecule has 0 saturated carbocycles. The van der Waals surface area contributed by atoms with Crippen LogP contribution in [0.3, 0.4) is 0 Å². The minimum Gasteiger partial charge on any atom is -0.348 e. The molecule has 1 heterocycles. The van der Waals surface area contributed by atoms with Crippen molar-refractivity contribution >= 4 is 17.7 Å². The lowest BCUT2D eigenvalue weighted by atomic mass is 10.1. The van der Waals surface area contributed by atoms with Gasteiger partial charge in [0.15, 0.2) is 5.16 Å². The molecule has 1 aromatic carbocycles. The average molecular weight is 304 g/mol. The number of aryl methyl sites for hydroxylation is 2. The highest BCUT2D eigenvalue weighted by atomic mass is 32.2. The number of nitrogens with zero attached hydrogens (tertiary/aromatic N) is 4. The van der Waals surface area contributed by atoms with Gasteiger partial charge >= 0.3 is 0 Å². The largest absolute Gasteiger partial charge is 0.348 e. The van der Waals surface area contributed by atoms with Crippen molar-refractivity contribution in [2.45, 2.75) is 31.2 Å². The third-order valence-electron chi connectivity index (χ3n) is 3.20. The monoisotopic (exact) mass is 304 g/mol. The third-order valence-corrected chi connectivity index (χ3v) is 4.24. The maximum absolute atomic E-state index is 12.0. The van der Waals surface area contributed by atoms with E-state index >= 15 is 0 Å². The molecule has 0 fully saturated rings. The van der Waals surface area contributed by atoms with Gasteiger partial charge in [-0.05, 0) is 32.4 Å². The number of hydrogen-bond acceptors (Lipinski definition) is 4. The zero-order chi connectivity index (χ0) is 15.6. The molecule has 2 aromatic rings. The van der Waals surface area contributed by atoms with Gasteiger partial charge in [-0.25, -0.2) is 0 Å². The molecule has 1 aromatic heterocycles. The van der Waals surface area contributed by atoms with Gasteiger partial charge < -0.3 is 4.90 Å². The number of thioether (sulfide) groups is 1. The normalized spacial score (nSPS) is 12.2. The molecule has 1 atom stereocenters. The first-order valence-electron chi connectivity index (χ1n) is 6.75. The Balaban J connectivity index is 2.29. The van der Waals surface area contributed by atoms with E-state index in [9.17, 15) is 4.79 Å². The first-order chi connectivity index (χ1) is 9.90. The number of amides is 1. The summed E-state index contributed by atoms with van der Waals surface area (Å²) in [4.78, 5) is 13.6. The second kappa shape index (κ2) is 6.30. The fourth-order valence-corrected chi connectivity index (χ4v) is 3.10. The van der Waals surface area contributed by atoms with Gasteiger partial charge in [0.05, 0.1) is 10.9 Å². The maximum Gasteiger partial charge on any atom is 0.235 e. The first-order valence-corrected chi connectivity index (χ1v) is 7.63. The van der Waals surface area contributed by atoms with Crippen molar-refractivity contribution in [3.8, 4) is 5.69 Å². The fourth-order valence-electron chi connectivity index (χ4n) is 2.12. The number of benzene rings is 1. The summed E-state index contributed by atoms with van der Waals surface area (Å²) < 4.78 is 1.93. The second-order valence-electron chi connectivity index (χ2n) is 5.27. The molecule has 2 rings (SSSR count). The molecule has 0 N–H and O–H groups in total. The molecule has 0 aliphatic rings. The lowest BCUT2D eigenvalue weighted by Gasteiger charge is -2.16. The van der Waals surface area contributed by atoms with Gasteiger partial charge in [-0.3, -0.25) is 9.36 Å². The molecule has 1 amide bonds.